The molecule has 2 aromatic rings. The van der Waals surface area contributed by atoms with Crippen LogP contribution in [0.1, 0.15) is 15.9 Å². The third-order valence-corrected chi connectivity index (χ3v) is 8.15. The maximum absolute atomic E-state index is 12.6. The van der Waals surface area contributed by atoms with E-state index < -0.39 is 9.84 Å². The Bertz CT molecular complexity index is 1000. The average molecular weight is 417 g/mol. The molecule has 2 aliphatic heterocycles. The molecule has 8 heteroatoms. The van der Waals surface area contributed by atoms with Crippen molar-refractivity contribution in [2.75, 3.05) is 18.6 Å². The van der Waals surface area contributed by atoms with Crippen LogP contribution in [0.15, 0.2) is 59.6 Å². The van der Waals surface area contributed by atoms with Crippen LogP contribution in [0.3, 0.4) is 0 Å². The summed E-state index contributed by atoms with van der Waals surface area (Å²) in [4.78, 5) is 18.9. The minimum Gasteiger partial charge on any atom is -0.497 e. The number of sulfone groups is 1. The van der Waals surface area contributed by atoms with Gasteiger partial charge in [-0.1, -0.05) is 42.1 Å². The molecule has 28 heavy (non-hydrogen) atoms. The van der Waals surface area contributed by atoms with Crippen LogP contribution in [-0.2, 0) is 16.4 Å². The first kappa shape index (κ1) is 19.0. The fourth-order valence-corrected chi connectivity index (χ4v) is 7.43. The smallest absolute Gasteiger partial charge is 0.279 e. The molecular formula is C20H20N2O4S2. The van der Waals surface area contributed by atoms with Gasteiger partial charge in [0.1, 0.15) is 5.75 Å². The van der Waals surface area contributed by atoms with Crippen molar-refractivity contribution in [3.8, 4) is 5.75 Å². The standard InChI is InChI=1S/C20H20N2O4S2/c1-26-16-9-7-14(8-10-16)11-22-17-12-28(24,25)13-18(17)27-20(22)21-19(23)15-5-3-2-4-6-15/h2-10,17-18H,11-13H2,1H3/t17-,18-/m0/s1. The zero-order valence-electron chi connectivity index (χ0n) is 15.3. The summed E-state index contributed by atoms with van der Waals surface area (Å²) in [6.07, 6.45) is 0. The first-order valence-electron chi connectivity index (χ1n) is 8.90. The van der Waals surface area contributed by atoms with Gasteiger partial charge in [0.2, 0.25) is 0 Å². The van der Waals surface area contributed by atoms with Crippen LogP contribution in [0.5, 0.6) is 5.75 Å². The monoisotopic (exact) mass is 416 g/mol. The number of nitrogens with zero attached hydrogens (tertiary/aromatic N) is 2. The van der Waals surface area contributed by atoms with Crippen LogP contribution < -0.4 is 4.74 Å². The summed E-state index contributed by atoms with van der Waals surface area (Å²) < 4.78 is 29.4. The number of carbonyl (C=O) groups is 1. The lowest BCUT2D eigenvalue weighted by atomic mass is 10.1. The van der Waals surface area contributed by atoms with Gasteiger partial charge in [0.25, 0.3) is 5.91 Å². The molecule has 6 nitrogen and oxygen atoms in total. The van der Waals surface area contributed by atoms with Crippen molar-refractivity contribution in [1.29, 1.82) is 0 Å². The van der Waals surface area contributed by atoms with Gasteiger partial charge in [-0.15, -0.1) is 0 Å². The molecular weight excluding hydrogens is 396 g/mol. The number of carbonyl (C=O) groups excluding carboxylic acids is 1. The Labute approximate surface area is 168 Å². The molecule has 0 unspecified atom stereocenters. The summed E-state index contributed by atoms with van der Waals surface area (Å²) in [6, 6.07) is 16.3. The third-order valence-electron chi connectivity index (χ3n) is 4.90. The van der Waals surface area contributed by atoms with Gasteiger partial charge in [-0.3, -0.25) is 4.79 Å². The van der Waals surface area contributed by atoms with Gasteiger partial charge in [-0.05, 0) is 29.8 Å². The molecule has 0 saturated carbocycles. The lowest BCUT2D eigenvalue weighted by molar-refractivity contribution is 0.100. The van der Waals surface area contributed by atoms with Crippen molar-refractivity contribution in [3.63, 3.8) is 0 Å². The molecule has 0 aliphatic carbocycles. The van der Waals surface area contributed by atoms with Crippen LogP contribution in [0, 0.1) is 0 Å². The van der Waals surface area contributed by atoms with Gasteiger partial charge < -0.3 is 9.64 Å². The zero-order valence-corrected chi connectivity index (χ0v) is 16.9. The highest BCUT2D eigenvalue weighted by molar-refractivity contribution is 8.15. The van der Waals surface area contributed by atoms with Crippen LogP contribution >= 0.6 is 11.8 Å². The maximum Gasteiger partial charge on any atom is 0.279 e. The number of methoxy groups -OCH3 is 1. The second-order valence-corrected chi connectivity index (χ2v) is 10.2. The van der Waals surface area contributed by atoms with Gasteiger partial charge >= 0.3 is 0 Å². The third kappa shape index (κ3) is 3.93. The number of rotatable bonds is 4. The van der Waals surface area contributed by atoms with Crippen molar-refractivity contribution in [3.05, 3.63) is 65.7 Å². The maximum atomic E-state index is 12.6. The minimum atomic E-state index is -3.07. The van der Waals surface area contributed by atoms with Crippen molar-refractivity contribution < 1.29 is 17.9 Å². The van der Waals surface area contributed by atoms with E-state index in [0.29, 0.717) is 17.3 Å². The summed E-state index contributed by atoms with van der Waals surface area (Å²) in [6.45, 7) is 0.495. The van der Waals surface area contributed by atoms with Gasteiger partial charge in [-0.25, -0.2) is 8.42 Å². The Morgan fingerprint density at radius 2 is 1.86 bits per heavy atom. The van der Waals surface area contributed by atoms with Gasteiger partial charge in [0, 0.05) is 17.4 Å². The summed E-state index contributed by atoms with van der Waals surface area (Å²) in [7, 11) is -1.46. The SMILES string of the molecule is COc1ccc(CN2C(=NC(=O)c3ccccc3)S[C@H]3CS(=O)(=O)C[C@@H]32)cc1. The predicted molar refractivity (Wildman–Crippen MR) is 111 cm³/mol. The molecule has 0 radical (unpaired) electrons. The molecule has 2 saturated heterocycles. The highest BCUT2D eigenvalue weighted by atomic mass is 32.2. The molecule has 2 fully saturated rings. The molecule has 0 bridgehead atoms. The normalized spacial score (nSPS) is 24.3. The molecule has 4 rings (SSSR count). The molecule has 0 spiro atoms. The first-order valence-corrected chi connectivity index (χ1v) is 11.6. The van der Waals surface area contributed by atoms with Crippen molar-refractivity contribution >= 4 is 32.7 Å². The number of hydrogen-bond acceptors (Lipinski definition) is 5. The van der Waals surface area contributed by atoms with E-state index in [1.54, 1.807) is 31.4 Å². The Morgan fingerprint density at radius 3 is 2.54 bits per heavy atom. The number of thioether (sulfide) groups is 1. The van der Waals surface area contributed by atoms with Gasteiger partial charge in [0.05, 0.1) is 24.7 Å². The fourth-order valence-electron chi connectivity index (χ4n) is 3.48. The summed E-state index contributed by atoms with van der Waals surface area (Å²) in [5.74, 6) is 0.666. The largest absolute Gasteiger partial charge is 0.497 e. The second-order valence-electron chi connectivity index (χ2n) is 6.84. The Balaban J connectivity index is 1.62. The van der Waals surface area contributed by atoms with Crippen LogP contribution in [0.2, 0.25) is 0 Å². The summed E-state index contributed by atoms with van der Waals surface area (Å²) in [5.41, 5.74) is 1.52. The number of hydrogen-bond donors (Lipinski definition) is 0. The van der Waals surface area contributed by atoms with E-state index >= 15 is 0 Å². The number of fused-ring (bicyclic) bond motifs is 1. The van der Waals surface area contributed by atoms with Crippen molar-refractivity contribution in [2.45, 2.75) is 17.8 Å². The number of amidine groups is 1. The van der Waals surface area contributed by atoms with E-state index in [1.807, 2.05) is 35.2 Å². The number of amides is 1. The number of aliphatic imine (C=N–C) groups is 1. The average Bonchev–Trinajstić information content (AvgIpc) is 3.15. The highest BCUT2D eigenvalue weighted by Gasteiger charge is 2.48. The van der Waals surface area contributed by atoms with E-state index in [1.165, 1.54) is 11.8 Å². The molecule has 2 aliphatic rings. The molecule has 0 N–H and O–H groups in total. The van der Waals surface area contributed by atoms with Crippen LogP contribution in [-0.4, -0.2) is 54.3 Å². The van der Waals surface area contributed by atoms with E-state index in [4.69, 9.17) is 4.74 Å². The van der Waals surface area contributed by atoms with Crippen LogP contribution in [0.25, 0.3) is 0 Å². The highest BCUT2D eigenvalue weighted by Crippen LogP contribution is 2.39. The van der Waals surface area contributed by atoms with E-state index in [2.05, 4.69) is 4.99 Å². The zero-order chi connectivity index (χ0) is 19.7. The van der Waals surface area contributed by atoms with Crippen LogP contribution in [0.4, 0.5) is 0 Å². The topological polar surface area (TPSA) is 76.0 Å². The van der Waals surface area contributed by atoms with Crippen molar-refractivity contribution in [1.82, 2.24) is 4.90 Å². The molecule has 2 atom stereocenters. The molecule has 0 aromatic heterocycles. The van der Waals surface area contributed by atoms with E-state index in [0.717, 1.165) is 11.3 Å². The summed E-state index contributed by atoms with van der Waals surface area (Å²) in [5, 5.41) is 0.500. The first-order chi connectivity index (χ1) is 13.4. The molecule has 1 amide bonds. The Hall–Kier alpha value is -2.32. The van der Waals surface area contributed by atoms with Gasteiger partial charge in [0.15, 0.2) is 15.0 Å². The fraction of sp³-hybridized carbons (Fsp3) is 0.300. The van der Waals surface area contributed by atoms with Crippen molar-refractivity contribution in [2.24, 2.45) is 4.99 Å². The van der Waals surface area contributed by atoms with E-state index in [-0.39, 0.29) is 28.7 Å². The Kier molecular flexibility index (Phi) is 5.16. The lowest BCUT2D eigenvalue weighted by Crippen LogP contribution is -2.37. The number of benzene rings is 2. The minimum absolute atomic E-state index is 0.0921. The summed E-state index contributed by atoms with van der Waals surface area (Å²) >= 11 is 1.39. The lowest BCUT2D eigenvalue weighted by Gasteiger charge is -2.24. The quantitative estimate of drug-likeness (QED) is 0.763. The number of ether oxygens (including phenoxy) is 1. The predicted octanol–water partition coefficient (Wildman–Crippen LogP) is 2.61. The van der Waals surface area contributed by atoms with E-state index in [9.17, 15) is 13.2 Å². The molecule has 2 heterocycles. The molecule has 2 aromatic carbocycles. The molecule has 146 valence electrons. The second kappa shape index (κ2) is 7.60. The Morgan fingerprint density at radius 1 is 1.14 bits per heavy atom. The van der Waals surface area contributed by atoms with Gasteiger partial charge in [-0.2, -0.15) is 4.99 Å².